The van der Waals surface area contributed by atoms with Crippen molar-refractivity contribution in [1.29, 1.82) is 0 Å². The molecule has 128 valence electrons. The maximum Gasteiger partial charge on any atom is 0.258 e. The number of fused-ring (bicyclic) bond motifs is 1. The normalized spacial score (nSPS) is 14.8. The first-order valence-corrected chi connectivity index (χ1v) is 8.10. The van der Waals surface area contributed by atoms with Gasteiger partial charge in [-0.25, -0.2) is 9.37 Å². The van der Waals surface area contributed by atoms with Crippen molar-refractivity contribution >= 4 is 11.3 Å². The van der Waals surface area contributed by atoms with Crippen LogP contribution in [0.1, 0.15) is 0 Å². The molecular formula is C18H17FN4O2. The molecule has 1 aromatic carbocycles. The predicted octanol–water partition coefficient (Wildman–Crippen LogP) is 1.62. The molecule has 1 aliphatic heterocycles. The number of phenolic OH excluding ortho intramolecular Hbond substituents is 1. The summed E-state index contributed by atoms with van der Waals surface area (Å²) in [5.74, 6) is -1.17. The molecule has 0 atom stereocenters. The van der Waals surface area contributed by atoms with Crippen LogP contribution in [-0.4, -0.2) is 40.7 Å². The Labute approximate surface area is 143 Å². The molecule has 0 saturated carbocycles. The molecule has 0 radical (unpaired) electrons. The van der Waals surface area contributed by atoms with Gasteiger partial charge in [-0.3, -0.25) is 9.20 Å². The summed E-state index contributed by atoms with van der Waals surface area (Å²) in [6.07, 6.45) is 1.79. The minimum absolute atomic E-state index is 0.231. The third-order valence-corrected chi connectivity index (χ3v) is 4.37. The summed E-state index contributed by atoms with van der Waals surface area (Å²) < 4.78 is 15.1. The summed E-state index contributed by atoms with van der Waals surface area (Å²) in [6, 6.07) is 9.06. The highest BCUT2D eigenvalue weighted by Gasteiger charge is 2.13. The van der Waals surface area contributed by atoms with Gasteiger partial charge in [0.15, 0.2) is 11.6 Å². The van der Waals surface area contributed by atoms with Crippen LogP contribution in [0, 0.1) is 5.82 Å². The van der Waals surface area contributed by atoms with Crippen LogP contribution >= 0.6 is 0 Å². The van der Waals surface area contributed by atoms with Gasteiger partial charge in [0.25, 0.3) is 5.56 Å². The molecular weight excluding hydrogens is 323 g/mol. The van der Waals surface area contributed by atoms with Crippen LogP contribution < -0.4 is 15.8 Å². The number of halogens is 1. The smallest absolute Gasteiger partial charge is 0.258 e. The maximum absolute atomic E-state index is 13.6. The minimum atomic E-state index is -0.742. The SMILES string of the molecule is O=c1cc(-c2ccc(O)c(F)c2)nc2ccc(N3CCNCC3)cn12. The molecule has 0 aliphatic carbocycles. The third-order valence-electron chi connectivity index (χ3n) is 4.37. The fourth-order valence-electron chi connectivity index (χ4n) is 3.02. The molecule has 7 heteroatoms. The Bertz CT molecular complexity index is 996. The van der Waals surface area contributed by atoms with Gasteiger partial charge in [0, 0.05) is 44.0 Å². The quantitative estimate of drug-likeness (QED) is 0.742. The van der Waals surface area contributed by atoms with E-state index in [1.54, 1.807) is 12.3 Å². The van der Waals surface area contributed by atoms with Crippen LogP contribution in [0.2, 0.25) is 0 Å². The number of nitrogens with zero attached hydrogens (tertiary/aromatic N) is 3. The van der Waals surface area contributed by atoms with E-state index in [9.17, 15) is 14.3 Å². The number of anilines is 1. The van der Waals surface area contributed by atoms with Crippen LogP contribution in [-0.2, 0) is 0 Å². The van der Waals surface area contributed by atoms with E-state index in [0.717, 1.165) is 31.9 Å². The minimum Gasteiger partial charge on any atom is -0.505 e. The molecule has 1 aliphatic rings. The number of rotatable bonds is 2. The lowest BCUT2D eigenvalue weighted by Crippen LogP contribution is -2.43. The first-order chi connectivity index (χ1) is 12.1. The number of pyridine rings is 1. The van der Waals surface area contributed by atoms with Crippen molar-refractivity contribution in [3.63, 3.8) is 0 Å². The van der Waals surface area contributed by atoms with Crippen molar-refractivity contribution < 1.29 is 9.50 Å². The summed E-state index contributed by atoms with van der Waals surface area (Å²) >= 11 is 0. The van der Waals surface area contributed by atoms with E-state index in [4.69, 9.17) is 0 Å². The van der Waals surface area contributed by atoms with E-state index in [-0.39, 0.29) is 5.56 Å². The Morgan fingerprint density at radius 1 is 1.12 bits per heavy atom. The zero-order valence-corrected chi connectivity index (χ0v) is 13.4. The van der Waals surface area contributed by atoms with Crippen molar-refractivity contribution in [3.05, 3.63) is 58.8 Å². The molecule has 4 rings (SSSR count). The summed E-state index contributed by atoms with van der Waals surface area (Å²) in [4.78, 5) is 19.2. The van der Waals surface area contributed by atoms with E-state index in [1.807, 2.05) is 6.07 Å². The maximum atomic E-state index is 13.6. The highest BCUT2D eigenvalue weighted by Crippen LogP contribution is 2.23. The van der Waals surface area contributed by atoms with Gasteiger partial charge in [0.1, 0.15) is 5.65 Å². The predicted molar refractivity (Wildman–Crippen MR) is 93.6 cm³/mol. The zero-order chi connectivity index (χ0) is 17.4. The lowest BCUT2D eigenvalue weighted by molar-refractivity contribution is 0.432. The first-order valence-electron chi connectivity index (χ1n) is 8.10. The van der Waals surface area contributed by atoms with Crippen molar-refractivity contribution in [1.82, 2.24) is 14.7 Å². The summed E-state index contributed by atoms with van der Waals surface area (Å²) in [6.45, 7) is 3.60. The second-order valence-corrected chi connectivity index (χ2v) is 6.00. The van der Waals surface area contributed by atoms with Crippen molar-refractivity contribution in [2.75, 3.05) is 31.1 Å². The number of nitrogens with one attached hydrogen (secondary N) is 1. The molecule has 3 aromatic rings. The summed E-state index contributed by atoms with van der Waals surface area (Å²) in [5, 5.41) is 12.6. The molecule has 2 N–H and O–H groups in total. The van der Waals surface area contributed by atoms with Gasteiger partial charge < -0.3 is 15.3 Å². The third kappa shape index (κ3) is 2.94. The fraction of sp³-hybridized carbons (Fsp3) is 0.222. The number of hydrogen-bond acceptors (Lipinski definition) is 5. The van der Waals surface area contributed by atoms with Crippen LogP contribution in [0.4, 0.5) is 10.1 Å². The highest BCUT2D eigenvalue weighted by atomic mass is 19.1. The summed E-state index contributed by atoms with van der Waals surface area (Å²) in [5.41, 5.74) is 2.06. The Hall–Kier alpha value is -2.93. The van der Waals surface area contributed by atoms with Gasteiger partial charge in [0.2, 0.25) is 0 Å². The average Bonchev–Trinajstić information content (AvgIpc) is 2.64. The van der Waals surface area contributed by atoms with Gasteiger partial charge >= 0.3 is 0 Å². The summed E-state index contributed by atoms with van der Waals surface area (Å²) in [7, 11) is 0. The molecule has 6 nitrogen and oxygen atoms in total. The Morgan fingerprint density at radius 3 is 2.68 bits per heavy atom. The number of benzene rings is 1. The van der Waals surface area contributed by atoms with Gasteiger partial charge in [-0.05, 0) is 30.3 Å². The number of hydrogen-bond donors (Lipinski definition) is 2. The van der Waals surface area contributed by atoms with Crippen molar-refractivity contribution in [2.24, 2.45) is 0 Å². The lowest BCUT2D eigenvalue weighted by Gasteiger charge is -2.29. The standard InChI is InChI=1S/C18H17FN4O2/c19-14-9-12(1-3-16(14)24)15-10-18(25)23-11-13(2-4-17(23)21-15)22-7-5-20-6-8-22/h1-4,9-11,20,24H,5-8H2. The number of aromatic hydroxyl groups is 1. The van der Waals surface area contributed by atoms with Crippen LogP contribution in [0.15, 0.2) is 47.4 Å². The zero-order valence-electron chi connectivity index (χ0n) is 13.4. The largest absolute Gasteiger partial charge is 0.505 e. The number of aromatic nitrogens is 2. The van der Waals surface area contributed by atoms with Gasteiger partial charge in [-0.1, -0.05) is 0 Å². The van der Waals surface area contributed by atoms with E-state index < -0.39 is 11.6 Å². The van der Waals surface area contributed by atoms with Crippen molar-refractivity contribution in [2.45, 2.75) is 0 Å². The molecule has 0 unspecified atom stereocenters. The van der Waals surface area contributed by atoms with Crippen LogP contribution in [0.25, 0.3) is 16.9 Å². The van der Waals surface area contributed by atoms with E-state index >= 15 is 0 Å². The second kappa shape index (κ2) is 6.18. The molecule has 3 heterocycles. The molecule has 25 heavy (non-hydrogen) atoms. The molecule has 2 aromatic heterocycles. The fourth-order valence-corrected chi connectivity index (χ4v) is 3.02. The molecule has 0 amide bonds. The topological polar surface area (TPSA) is 69.9 Å². The molecule has 1 fully saturated rings. The molecule has 1 saturated heterocycles. The van der Waals surface area contributed by atoms with E-state index in [0.29, 0.717) is 16.9 Å². The first kappa shape index (κ1) is 15.6. The number of piperazine rings is 1. The van der Waals surface area contributed by atoms with Crippen LogP contribution in [0.5, 0.6) is 5.75 Å². The Morgan fingerprint density at radius 2 is 1.92 bits per heavy atom. The van der Waals surface area contributed by atoms with E-state index in [1.165, 1.54) is 28.7 Å². The number of phenols is 1. The monoisotopic (exact) mass is 340 g/mol. The van der Waals surface area contributed by atoms with Gasteiger partial charge in [0.05, 0.1) is 11.4 Å². The lowest BCUT2D eigenvalue weighted by atomic mass is 10.1. The Balaban J connectivity index is 1.77. The molecule has 0 bridgehead atoms. The van der Waals surface area contributed by atoms with Gasteiger partial charge in [-0.2, -0.15) is 0 Å². The Kier molecular flexibility index (Phi) is 3.85. The average molecular weight is 340 g/mol. The second-order valence-electron chi connectivity index (χ2n) is 6.00. The van der Waals surface area contributed by atoms with E-state index in [2.05, 4.69) is 15.2 Å². The highest BCUT2D eigenvalue weighted by molar-refractivity contribution is 5.63. The molecule has 0 spiro atoms. The van der Waals surface area contributed by atoms with Crippen LogP contribution in [0.3, 0.4) is 0 Å². The van der Waals surface area contributed by atoms with Crippen molar-refractivity contribution in [3.8, 4) is 17.0 Å². The van der Waals surface area contributed by atoms with Gasteiger partial charge in [-0.15, -0.1) is 0 Å².